The summed E-state index contributed by atoms with van der Waals surface area (Å²) < 4.78 is 10.5. The van der Waals surface area contributed by atoms with Crippen molar-refractivity contribution in [2.75, 3.05) is 39.4 Å². The number of hydrogen-bond acceptors (Lipinski definition) is 6. The summed E-state index contributed by atoms with van der Waals surface area (Å²) in [6.45, 7) is 2.69. The van der Waals surface area contributed by atoms with Gasteiger partial charge in [0, 0.05) is 31.7 Å². The summed E-state index contributed by atoms with van der Waals surface area (Å²) in [5, 5.41) is 6.17. The van der Waals surface area contributed by atoms with Crippen LogP contribution in [0.5, 0.6) is 0 Å². The van der Waals surface area contributed by atoms with Gasteiger partial charge in [-0.2, -0.15) is 0 Å². The minimum atomic E-state index is -0.647. The van der Waals surface area contributed by atoms with Crippen molar-refractivity contribution < 1.29 is 18.7 Å². The monoisotopic (exact) mass is 406 g/mol. The quantitative estimate of drug-likeness (QED) is 0.668. The molecule has 154 valence electrons. The number of amides is 2. The van der Waals surface area contributed by atoms with Gasteiger partial charge in [0.25, 0.3) is 5.91 Å². The molecule has 5 rings (SSSR count). The molecule has 0 unspecified atom stereocenters. The number of benzene rings is 2. The van der Waals surface area contributed by atoms with Gasteiger partial charge in [0.05, 0.1) is 13.2 Å². The van der Waals surface area contributed by atoms with Crippen LogP contribution in [-0.4, -0.2) is 66.6 Å². The van der Waals surface area contributed by atoms with Gasteiger partial charge < -0.3 is 19.4 Å². The Balaban J connectivity index is 1.30. The van der Waals surface area contributed by atoms with E-state index in [0.29, 0.717) is 45.0 Å². The van der Waals surface area contributed by atoms with E-state index in [0.717, 1.165) is 22.2 Å². The fraction of sp³-hybridized carbons (Fsp3) is 0.318. The largest absolute Gasteiger partial charge is 0.443 e. The van der Waals surface area contributed by atoms with Crippen LogP contribution in [-0.2, 0) is 9.53 Å². The molecule has 0 bridgehead atoms. The number of fused-ring (bicyclic) bond motifs is 1. The van der Waals surface area contributed by atoms with Crippen LogP contribution in [0.3, 0.4) is 0 Å². The molecule has 3 aromatic rings. The Morgan fingerprint density at radius 2 is 1.80 bits per heavy atom. The van der Waals surface area contributed by atoms with Crippen molar-refractivity contribution in [3.63, 3.8) is 0 Å². The summed E-state index contributed by atoms with van der Waals surface area (Å²) >= 11 is 0. The van der Waals surface area contributed by atoms with Gasteiger partial charge in [-0.05, 0) is 35.4 Å². The van der Waals surface area contributed by atoms with Crippen molar-refractivity contribution in [3.05, 3.63) is 54.4 Å². The molecule has 0 radical (unpaired) electrons. The Hall–Kier alpha value is -3.23. The van der Waals surface area contributed by atoms with E-state index in [4.69, 9.17) is 9.15 Å². The molecule has 1 aromatic heterocycles. The normalized spacial score (nSPS) is 18.9. The van der Waals surface area contributed by atoms with E-state index >= 15 is 0 Å². The zero-order chi connectivity index (χ0) is 20.6. The molecular formula is C22H22N4O4. The number of carbonyl (C=O) groups excluding carboxylic acids is 2. The first-order valence-corrected chi connectivity index (χ1v) is 9.99. The van der Waals surface area contributed by atoms with E-state index in [2.05, 4.69) is 15.6 Å². The second-order valence-corrected chi connectivity index (χ2v) is 7.66. The van der Waals surface area contributed by atoms with E-state index in [1.807, 2.05) is 42.5 Å². The van der Waals surface area contributed by atoms with Crippen LogP contribution in [0.2, 0.25) is 0 Å². The van der Waals surface area contributed by atoms with Crippen molar-refractivity contribution in [2.24, 2.45) is 0 Å². The second kappa shape index (κ2) is 7.55. The van der Waals surface area contributed by atoms with Crippen molar-refractivity contribution in [3.8, 4) is 11.1 Å². The van der Waals surface area contributed by atoms with E-state index in [9.17, 15) is 9.59 Å². The minimum Gasteiger partial charge on any atom is -0.443 e. The lowest BCUT2D eigenvalue weighted by molar-refractivity contribution is -0.147. The molecule has 2 aliphatic rings. The Morgan fingerprint density at radius 3 is 2.57 bits per heavy atom. The van der Waals surface area contributed by atoms with E-state index in [1.165, 1.54) is 6.39 Å². The van der Waals surface area contributed by atoms with Crippen LogP contribution in [0.25, 0.3) is 22.2 Å². The zero-order valence-corrected chi connectivity index (χ0v) is 16.4. The maximum Gasteiger partial charge on any atom is 0.253 e. The topological polar surface area (TPSA) is 96.7 Å². The maximum atomic E-state index is 13.0. The molecule has 1 spiro atoms. The molecule has 2 saturated heterocycles. The summed E-state index contributed by atoms with van der Waals surface area (Å²) in [4.78, 5) is 31.3. The standard InChI is InChI=1S/C22H22N4O4/c27-20(26-9-7-23-21(28)22(12-29-13-22)25-8-10-26)16-3-1-15(2-4-16)17-5-6-19-18(11-17)24-14-30-19/h1-6,11,14,25H,7-10,12-13H2,(H,23,28). The van der Waals surface area contributed by atoms with Gasteiger partial charge in [-0.15, -0.1) is 0 Å². The first-order chi connectivity index (χ1) is 14.6. The first kappa shape index (κ1) is 18.8. The van der Waals surface area contributed by atoms with Crippen LogP contribution < -0.4 is 10.6 Å². The molecule has 30 heavy (non-hydrogen) atoms. The highest BCUT2D eigenvalue weighted by atomic mass is 16.5. The molecule has 8 heteroatoms. The summed E-state index contributed by atoms with van der Waals surface area (Å²) in [7, 11) is 0. The summed E-state index contributed by atoms with van der Waals surface area (Å²) in [6.07, 6.45) is 1.43. The summed E-state index contributed by atoms with van der Waals surface area (Å²) in [5.74, 6) is -0.109. The average molecular weight is 406 g/mol. The molecule has 2 fully saturated rings. The molecule has 0 saturated carbocycles. The maximum absolute atomic E-state index is 13.0. The summed E-state index contributed by atoms with van der Waals surface area (Å²) in [5.41, 5.74) is 3.53. The number of nitrogens with one attached hydrogen (secondary N) is 2. The fourth-order valence-electron chi connectivity index (χ4n) is 3.86. The molecule has 2 amide bonds. The highest BCUT2D eigenvalue weighted by Gasteiger charge is 2.45. The van der Waals surface area contributed by atoms with Gasteiger partial charge in [0.1, 0.15) is 11.1 Å². The van der Waals surface area contributed by atoms with Crippen LogP contribution >= 0.6 is 0 Å². The average Bonchev–Trinajstić information content (AvgIpc) is 3.23. The molecule has 2 aromatic carbocycles. The van der Waals surface area contributed by atoms with Crippen LogP contribution in [0.4, 0.5) is 0 Å². The van der Waals surface area contributed by atoms with E-state index < -0.39 is 5.54 Å². The third-order valence-corrected chi connectivity index (χ3v) is 5.73. The predicted octanol–water partition coefficient (Wildman–Crippen LogP) is 1.43. The fourth-order valence-corrected chi connectivity index (χ4v) is 3.86. The SMILES string of the molecule is O=C(c1ccc(-c2ccc3ocnc3c2)cc1)N1CCNC(=O)C2(COC2)NCC1. The van der Waals surface area contributed by atoms with Crippen molar-refractivity contribution in [1.29, 1.82) is 0 Å². The molecule has 8 nitrogen and oxygen atoms in total. The first-order valence-electron chi connectivity index (χ1n) is 9.99. The Labute approximate surface area is 173 Å². The van der Waals surface area contributed by atoms with Gasteiger partial charge in [-0.25, -0.2) is 4.98 Å². The number of ether oxygens (including phenoxy) is 1. The van der Waals surface area contributed by atoms with Gasteiger partial charge in [-0.3, -0.25) is 14.9 Å². The van der Waals surface area contributed by atoms with Crippen LogP contribution in [0.15, 0.2) is 53.3 Å². The molecule has 3 heterocycles. The lowest BCUT2D eigenvalue weighted by Gasteiger charge is -2.40. The smallest absolute Gasteiger partial charge is 0.253 e. The molecule has 2 N–H and O–H groups in total. The third kappa shape index (κ3) is 3.34. The lowest BCUT2D eigenvalue weighted by atomic mass is 9.96. The van der Waals surface area contributed by atoms with Gasteiger partial charge in [0.2, 0.25) is 5.91 Å². The number of rotatable bonds is 2. The third-order valence-electron chi connectivity index (χ3n) is 5.73. The highest BCUT2D eigenvalue weighted by Crippen LogP contribution is 2.24. The minimum absolute atomic E-state index is 0.0506. The van der Waals surface area contributed by atoms with E-state index in [1.54, 1.807) is 4.90 Å². The zero-order valence-electron chi connectivity index (χ0n) is 16.4. The Morgan fingerprint density at radius 1 is 1.03 bits per heavy atom. The van der Waals surface area contributed by atoms with Crippen LogP contribution in [0.1, 0.15) is 10.4 Å². The van der Waals surface area contributed by atoms with Gasteiger partial charge >= 0.3 is 0 Å². The number of aromatic nitrogens is 1. The molecule has 0 aliphatic carbocycles. The molecular weight excluding hydrogens is 384 g/mol. The Kier molecular flexibility index (Phi) is 4.72. The van der Waals surface area contributed by atoms with Gasteiger partial charge in [-0.1, -0.05) is 18.2 Å². The predicted molar refractivity (Wildman–Crippen MR) is 110 cm³/mol. The highest BCUT2D eigenvalue weighted by molar-refractivity contribution is 5.95. The van der Waals surface area contributed by atoms with Gasteiger partial charge in [0.15, 0.2) is 12.0 Å². The molecule has 0 atom stereocenters. The Bertz CT molecular complexity index is 1090. The van der Waals surface area contributed by atoms with Crippen molar-refractivity contribution in [1.82, 2.24) is 20.5 Å². The lowest BCUT2D eigenvalue weighted by Crippen LogP contribution is -2.69. The van der Waals surface area contributed by atoms with Crippen molar-refractivity contribution >= 4 is 22.9 Å². The number of nitrogens with zero attached hydrogens (tertiary/aromatic N) is 2. The van der Waals surface area contributed by atoms with Crippen LogP contribution in [0, 0.1) is 0 Å². The number of oxazole rings is 1. The summed E-state index contributed by atoms with van der Waals surface area (Å²) in [6, 6.07) is 13.4. The number of carbonyl (C=O) groups is 2. The number of hydrogen-bond donors (Lipinski definition) is 2. The molecule has 2 aliphatic heterocycles. The second-order valence-electron chi connectivity index (χ2n) is 7.66. The van der Waals surface area contributed by atoms with Crippen molar-refractivity contribution in [2.45, 2.75) is 5.54 Å². The van der Waals surface area contributed by atoms with E-state index in [-0.39, 0.29) is 11.8 Å².